The lowest BCUT2D eigenvalue weighted by Gasteiger charge is -2.19. The molecular weight excluding hydrogens is 436 g/mol. The van der Waals surface area contributed by atoms with E-state index in [0.717, 1.165) is 27.7 Å². The molecule has 1 N–H and O–H groups in total. The molecule has 1 atom stereocenters. The number of rotatable bonds is 5. The van der Waals surface area contributed by atoms with Crippen molar-refractivity contribution in [3.63, 3.8) is 0 Å². The first-order valence-corrected chi connectivity index (χ1v) is 10.8. The second-order valence-corrected chi connectivity index (χ2v) is 8.18. The number of anilines is 1. The summed E-state index contributed by atoms with van der Waals surface area (Å²) in [5.41, 5.74) is 4.76. The number of halogens is 1. The molecule has 0 spiro atoms. The van der Waals surface area contributed by atoms with Gasteiger partial charge in [-0.1, -0.05) is 65.0 Å². The van der Waals surface area contributed by atoms with Crippen molar-refractivity contribution in [3.05, 3.63) is 70.7 Å². The molecule has 0 radical (unpaired) electrons. The van der Waals surface area contributed by atoms with Gasteiger partial charge in [0.2, 0.25) is 11.0 Å². The van der Waals surface area contributed by atoms with E-state index in [2.05, 4.69) is 74.2 Å². The van der Waals surface area contributed by atoms with E-state index in [-0.39, 0.29) is 6.23 Å². The number of ether oxygens (including phenoxy) is 1. The third-order valence-corrected chi connectivity index (χ3v) is 5.74. The summed E-state index contributed by atoms with van der Waals surface area (Å²) in [6.45, 7) is 5.88. The minimum atomic E-state index is -0.374. The summed E-state index contributed by atoms with van der Waals surface area (Å²) < 4.78 is 7.24. The molecular formula is C21H19BrN4OS. The van der Waals surface area contributed by atoms with Crippen molar-refractivity contribution in [2.45, 2.75) is 24.7 Å². The van der Waals surface area contributed by atoms with E-state index < -0.39 is 0 Å². The van der Waals surface area contributed by atoms with Gasteiger partial charge in [-0.3, -0.25) is 0 Å². The van der Waals surface area contributed by atoms with Crippen LogP contribution in [0.2, 0.25) is 0 Å². The molecule has 0 saturated carbocycles. The second kappa shape index (κ2) is 8.32. The van der Waals surface area contributed by atoms with Crippen LogP contribution < -0.4 is 10.1 Å². The molecule has 0 unspecified atom stereocenters. The van der Waals surface area contributed by atoms with Crippen molar-refractivity contribution in [2.24, 2.45) is 0 Å². The Morgan fingerprint density at radius 2 is 2.04 bits per heavy atom. The van der Waals surface area contributed by atoms with E-state index in [1.165, 1.54) is 17.3 Å². The number of thioether (sulfide) groups is 1. The van der Waals surface area contributed by atoms with Crippen LogP contribution in [0.3, 0.4) is 0 Å². The summed E-state index contributed by atoms with van der Waals surface area (Å²) in [6.07, 6.45) is 2.44. The van der Waals surface area contributed by atoms with Crippen molar-refractivity contribution >= 4 is 33.4 Å². The van der Waals surface area contributed by atoms with Crippen LogP contribution in [0.4, 0.5) is 5.69 Å². The summed E-state index contributed by atoms with van der Waals surface area (Å²) in [6, 6.07) is 14.4. The van der Waals surface area contributed by atoms with E-state index in [1.54, 1.807) is 0 Å². The minimum Gasteiger partial charge on any atom is -0.448 e. The molecule has 2 aromatic carbocycles. The summed E-state index contributed by atoms with van der Waals surface area (Å²) >= 11 is 5.01. The average Bonchev–Trinajstić information content (AvgIpc) is 2.88. The fourth-order valence-electron chi connectivity index (χ4n) is 2.94. The maximum absolute atomic E-state index is 6.28. The highest BCUT2D eigenvalue weighted by Gasteiger charge is 2.26. The standard InChI is InChI=1S/C21H19BrN4OS/c1-3-11-28-21-24-20-18(25-26-21)16-12-15(22)9-10-17(16)23-19(27-20)14-7-5-13(4-2)6-8-14/h3,5-10,12,19,23H,1,4,11H2,2H3/t19-/m1/s1. The fraction of sp³-hybridized carbons (Fsp3) is 0.190. The van der Waals surface area contributed by atoms with Gasteiger partial charge in [0.1, 0.15) is 0 Å². The van der Waals surface area contributed by atoms with Crippen molar-refractivity contribution in [1.29, 1.82) is 0 Å². The molecule has 1 aliphatic heterocycles. The Kier molecular flexibility index (Phi) is 5.64. The Morgan fingerprint density at radius 3 is 2.79 bits per heavy atom. The highest BCUT2D eigenvalue weighted by molar-refractivity contribution is 9.10. The first-order chi connectivity index (χ1) is 13.7. The molecule has 0 saturated heterocycles. The Morgan fingerprint density at radius 1 is 1.21 bits per heavy atom. The first kappa shape index (κ1) is 19.0. The van der Waals surface area contributed by atoms with E-state index in [4.69, 9.17) is 4.74 Å². The predicted octanol–water partition coefficient (Wildman–Crippen LogP) is 5.64. The molecule has 0 aliphatic carbocycles. The molecule has 7 heteroatoms. The number of benzene rings is 2. The maximum Gasteiger partial charge on any atom is 0.247 e. The molecule has 0 amide bonds. The lowest BCUT2D eigenvalue weighted by Crippen LogP contribution is -2.17. The monoisotopic (exact) mass is 454 g/mol. The third kappa shape index (κ3) is 3.91. The number of hydrogen-bond acceptors (Lipinski definition) is 6. The van der Waals surface area contributed by atoms with Gasteiger partial charge in [0, 0.05) is 27.0 Å². The number of hydrogen-bond donors (Lipinski definition) is 1. The van der Waals surface area contributed by atoms with Gasteiger partial charge in [-0.25, -0.2) is 0 Å². The van der Waals surface area contributed by atoms with Gasteiger partial charge in [0.05, 0.1) is 0 Å². The van der Waals surface area contributed by atoms with Crippen molar-refractivity contribution < 1.29 is 4.74 Å². The Labute approximate surface area is 176 Å². The van der Waals surface area contributed by atoms with Crippen LogP contribution in [-0.2, 0) is 6.42 Å². The first-order valence-electron chi connectivity index (χ1n) is 8.98. The van der Waals surface area contributed by atoms with Crippen molar-refractivity contribution in [2.75, 3.05) is 11.1 Å². The molecule has 5 nitrogen and oxygen atoms in total. The van der Waals surface area contributed by atoms with Gasteiger partial charge < -0.3 is 10.1 Å². The van der Waals surface area contributed by atoms with Gasteiger partial charge in [-0.05, 0) is 30.2 Å². The molecule has 28 heavy (non-hydrogen) atoms. The smallest absolute Gasteiger partial charge is 0.247 e. The van der Waals surface area contributed by atoms with E-state index in [1.807, 2.05) is 24.3 Å². The average molecular weight is 455 g/mol. The van der Waals surface area contributed by atoms with Crippen molar-refractivity contribution in [3.8, 4) is 17.1 Å². The van der Waals surface area contributed by atoms with Crippen molar-refractivity contribution in [1.82, 2.24) is 15.2 Å². The Hall–Kier alpha value is -2.38. The Bertz CT molecular complexity index is 1010. The molecule has 2 heterocycles. The number of aryl methyl sites for hydroxylation is 1. The molecule has 3 aromatic rings. The number of nitrogens with one attached hydrogen (secondary N) is 1. The van der Waals surface area contributed by atoms with E-state index in [9.17, 15) is 0 Å². The summed E-state index contributed by atoms with van der Waals surface area (Å²) in [5.74, 6) is 1.18. The maximum atomic E-state index is 6.28. The summed E-state index contributed by atoms with van der Waals surface area (Å²) in [5, 5.41) is 12.7. The van der Waals surface area contributed by atoms with Crippen LogP contribution in [0.25, 0.3) is 11.3 Å². The molecule has 0 bridgehead atoms. The fourth-order valence-corrected chi connectivity index (χ4v) is 3.82. The lowest BCUT2D eigenvalue weighted by atomic mass is 10.1. The van der Waals surface area contributed by atoms with Crippen LogP contribution in [0.5, 0.6) is 5.88 Å². The normalized spacial score (nSPS) is 14.9. The highest BCUT2D eigenvalue weighted by Crippen LogP contribution is 2.40. The van der Waals surface area contributed by atoms with Gasteiger partial charge in [0.25, 0.3) is 0 Å². The zero-order chi connectivity index (χ0) is 19.5. The van der Waals surface area contributed by atoms with Crippen LogP contribution in [0.15, 0.2) is 64.7 Å². The van der Waals surface area contributed by atoms with Crippen LogP contribution >= 0.6 is 27.7 Å². The highest BCUT2D eigenvalue weighted by atomic mass is 79.9. The number of aromatic nitrogens is 3. The Balaban J connectivity index is 1.79. The van der Waals surface area contributed by atoms with Gasteiger partial charge >= 0.3 is 0 Å². The predicted molar refractivity (Wildman–Crippen MR) is 117 cm³/mol. The quantitative estimate of drug-likeness (QED) is 0.397. The van der Waals surface area contributed by atoms with Crippen LogP contribution in [0, 0.1) is 0 Å². The largest absolute Gasteiger partial charge is 0.448 e. The van der Waals surface area contributed by atoms with E-state index in [0.29, 0.717) is 22.5 Å². The van der Waals surface area contributed by atoms with Gasteiger partial charge in [-0.2, -0.15) is 4.98 Å². The second-order valence-electron chi connectivity index (χ2n) is 6.28. The van der Waals surface area contributed by atoms with Gasteiger partial charge in [0.15, 0.2) is 11.9 Å². The zero-order valence-corrected chi connectivity index (χ0v) is 17.8. The molecule has 142 valence electrons. The zero-order valence-electron chi connectivity index (χ0n) is 15.4. The van der Waals surface area contributed by atoms with Crippen LogP contribution in [0.1, 0.15) is 24.3 Å². The SMILES string of the molecule is C=CCSc1nnc2c(n1)O[C@H](c1ccc(CC)cc1)Nc1ccc(Br)cc1-2. The number of fused-ring (bicyclic) bond motifs is 3. The third-order valence-electron chi connectivity index (χ3n) is 4.41. The van der Waals surface area contributed by atoms with Crippen LogP contribution in [-0.4, -0.2) is 20.9 Å². The molecule has 1 aromatic heterocycles. The molecule has 1 aliphatic rings. The molecule has 0 fully saturated rings. The summed E-state index contributed by atoms with van der Waals surface area (Å²) in [4.78, 5) is 4.61. The van der Waals surface area contributed by atoms with Gasteiger partial charge in [-0.15, -0.1) is 16.8 Å². The van der Waals surface area contributed by atoms with E-state index >= 15 is 0 Å². The topological polar surface area (TPSA) is 59.9 Å². The number of nitrogens with zero attached hydrogens (tertiary/aromatic N) is 3. The minimum absolute atomic E-state index is 0.374. The molecule has 4 rings (SSSR count). The lowest BCUT2D eigenvalue weighted by molar-refractivity contribution is 0.225. The summed E-state index contributed by atoms with van der Waals surface area (Å²) in [7, 11) is 0.